The van der Waals surface area contributed by atoms with Crippen LogP contribution in [0.25, 0.3) is 0 Å². The molecule has 1 aromatic carbocycles. The van der Waals surface area contributed by atoms with Crippen LogP contribution >= 0.6 is 0 Å². The van der Waals surface area contributed by atoms with E-state index in [0.717, 1.165) is 6.54 Å². The summed E-state index contributed by atoms with van der Waals surface area (Å²) in [5.41, 5.74) is 0. The maximum atomic E-state index is 12.5. The van der Waals surface area contributed by atoms with E-state index in [1.807, 2.05) is 47.4 Å². The molecule has 126 valence electrons. The number of hydrogen-bond donors (Lipinski definition) is 1. The minimum Gasteiger partial charge on any atom is -0.490 e. The van der Waals surface area contributed by atoms with E-state index < -0.39 is 0 Å². The fraction of sp³-hybridized carbons (Fsp3) is 0.333. The molecule has 1 saturated heterocycles. The maximum absolute atomic E-state index is 12.5. The zero-order valence-corrected chi connectivity index (χ0v) is 13.4. The number of amides is 1. The molecule has 0 radical (unpaired) electrons. The molecule has 1 aliphatic heterocycles. The van der Waals surface area contributed by atoms with E-state index in [2.05, 4.69) is 10.3 Å². The number of nitrogens with one attached hydrogen (secondary N) is 1. The van der Waals surface area contributed by atoms with Gasteiger partial charge in [-0.25, -0.2) is 0 Å². The Morgan fingerprint density at radius 3 is 2.79 bits per heavy atom. The van der Waals surface area contributed by atoms with Crippen molar-refractivity contribution in [3.63, 3.8) is 0 Å². The fourth-order valence-corrected chi connectivity index (χ4v) is 2.61. The number of nitrogens with zero attached hydrogens (tertiary/aromatic N) is 2. The molecule has 0 aliphatic carbocycles. The van der Waals surface area contributed by atoms with Gasteiger partial charge in [0.2, 0.25) is 0 Å². The van der Waals surface area contributed by atoms with Crippen LogP contribution in [0.1, 0.15) is 0 Å². The van der Waals surface area contributed by atoms with E-state index in [1.165, 1.54) is 0 Å². The first kappa shape index (κ1) is 16.3. The predicted octanol–water partition coefficient (Wildman–Crippen LogP) is 1.34. The Morgan fingerprint density at radius 2 is 2.00 bits per heavy atom. The lowest BCUT2D eigenvalue weighted by atomic mass is 10.2. The van der Waals surface area contributed by atoms with Gasteiger partial charge in [0, 0.05) is 25.8 Å². The molecule has 0 saturated carbocycles. The molecule has 2 aromatic rings. The van der Waals surface area contributed by atoms with E-state index >= 15 is 0 Å². The second-order valence-electron chi connectivity index (χ2n) is 5.55. The first-order chi connectivity index (χ1) is 11.8. The zero-order chi connectivity index (χ0) is 16.6. The van der Waals surface area contributed by atoms with Crippen molar-refractivity contribution in [1.82, 2.24) is 15.2 Å². The molecule has 0 bridgehead atoms. The largest absolute Gasteiger partial charge is 0.490 e. The first-order valence-electron chi connectivity index (χ1n) is 8.04. The summed E-state index contributed by atoms with van der Waals surface area (Å²) in [6.07, 6.45) is 3.37. The third kappa shape index (κ3) is 4.45. The third-order valence-electron chi connectivity index (χ3n) is 3.85. The van der Waals surface area contributed by atoms with Crippen LogP contribution < -0.4 is 14.8 Å². The van der Waals surface area contributed by atoms with Crippen LogP contribution in [0.2, 0.25) is 0 Å². The molecule has 2 heterocycles. The lowest BCUT2D eigenvalue weighted by Gasteiger charge is -2.35. The monoisotopic (exact) mass is 327 g/mol. The van der Waals surface area contributed by atoms with Gasteiger partial charge in [0.15, 0.2) is 6.61 Å². The number of carbonyl (C=O) groups excluding carboxylic acids is 1. The van der Waals surface area contributed by atoms with E-state index in [0.29, 0.717) is 31.2 Å². The van der Waals surface area contributed by atoms with E-state index in [9.17, 15) is 4.79 Å². The molecule has 6 heteroatoms. The molecule has 3 rings (SSSR count). The Balaban J connectivity index is 1.54. The topological polar surface area (TPSA) is 63.7 Å². The van der Waals surface area contributed by atoms with Crippen LogP contribution in [0.3, 0.4) is 0 Å². The van der Waals surface area contributed by atoms with Gasteiger partial charge in [-0.15, -0.1) is 0 Å². The van der Waals surface area contributed by atoms with Crippen molar-refractivity contribution < 1.29 is 14.3 Å². The second-order valence-corrected chi connectivity index (χ2v) is 5.55. The number of hydrogen-bond acceptors (Lipinski definition) is 5. The van der Waals surface area contributed by atoms with Gasteiger partial charge in [0.1, 0.15) is 18.1 Å². The van der Waals surface area contributed by atoms with Crippen molar-refractivity contribution >= 4 is 5.91 Å². The highest BCUT2D eigenvalue weighted by Gasteiger charge is 2.27. The second kappa shape index (κ2) is 8.31. The Bertz CT molecular complexity index is 636. The smallest absolute Gasteiger partial charge is 0.260 e. The Morgan fingerprint density at radius 1 is 1.17 bits per heavy atom. The molecule has 0 spiro atoms. The van der Waals surface area contributed by atoms with Crippen molar-refractivity contribution in [1.29, 1.82) is 0 Å². The predicted molar refractivity (Wildman–Crippen MR) is 90.0 cm³/mol. The number of benzene rings is 1. The molecule has 1 unspecified atom stereocenters. The van der Waals surface area contributed by atoms with E-state index in [-0.39, 0.29) is 18.6 Å². The van der Waals surface area contributed by atoms with Crippen molar-refractivity contribution in [2.45, 2.75) is 6.04 Å². The lowest BCUT2D eigenvalue weighted by Crippen LogP contribution is -2.56. The molecule has 1 amide bonds. The lowest BCUT2D eigenvalue weighted by molar-refractivity contribution is -0.137. The van der Waals surface area contributed by atoms with Crippen LogP contribution in [0.15, 0.2) is 54.9 Å². The summed E-state index contributed by atoms with van der Waals surface area (Å²) in [7, 11) is 0. The summed E-state index contributed by atoms with van der Waals surface area (Å²) in [4.78, 5) is 18.4. The highest BCUT2D eigenvalue weighted by molar-refractivity contribution is 5.78. The number of rotatable bonds is 6. The van der Waals surface area contributed by atoms with Gasteiger partial charge in [0.05, 0.1) is 12.2 Å². The molecule has 1 aliphatic rings. The first-order valence-corrected chi connectivity index (χ1v) is 8.04. The van der Waals surface area contributed by atoms with Gasteiger partial charge >= 0.3 is 0 Å². The molecule has 1 N–H and O–H groups in total. The van der Waals surface area contributed by atoms with Crippen LogP contribution in [0.5, 0.6) is 11.5 Å². The summed E-state index contributed by atoms with van der Waals surface area (Å²) in [6.45, 7) is 2.60. The molecule has 1 atom stereocenters. The minimum atomic E-state index is -0.0276. The quantitative estimate of drug-likeness (QED) is 0.867. The van der Waals surface area contributed by atoms with E-state index in [1.54, 1.807) is 12.4 Å². The highest BCUT2D eigenvalue weighted by atomic mass is 16.5. The SMILES string of the molecule is O=C(COc1ccccc1)N1CCNCC1COc1cccnc1. The van der Waals surface area contributed by atoms with Crippen molar-refractivity contribution in [3.8, 4) is 11.5 Å². The Labute approximate surface area is 141 Å². The Hall–Kier alpha value is -2.60. The Kier molecular flexibility index (Phi) is 5.63. The van der Waals surface area contributed by atoms with Crippen LogP contribution in [0.4, 0.5) is 0 Å². The molecule has 6 nitrogen and oxygen atoms in total. The highest BCUT2D eigenvalue weighted by Crippen LogP contribution is 2.12. The van der Waals surface area contributed by atoms with Gasteiger partial charge in [0.25, 0.3) is 5.91 Å². The average Bonchev–Trinajstić information content (AvgIpc) is 2.66. The number of aromatic nitrogens is 1. The normalized spacial score (nSPS) is 17.3. The summed E-state index contributed by atoms with van der Waals surface area (Å²) in [5.74, 6) is 1.38. The van der Waals surface area contributed by atoms with Crippen molar-refractivity contribution in [3.05, 3.63) is 54.9 Å². The van der Waals surface area contributed by atoms with Gasteiger partial charge in [-0.2, -0.15) is 0 Å². The van der Waals surface area contributed by atoms with Gasteiger partial charge in [-0.05, 0) is 24.3 Å². The summed E-state index contributed by atoms with van der Waals surface area (Å²) in [5, 5.41) is 3.30. The van der Waals surface area contributed by atoms with E-state index in [4.69, 9.17) is 9.47 Å². The molecule has 1 fully saturated rings. The number of piperazine rings is 1. The standard InChI is InChI=1S/C18H21N3O3/c22-18(14-24-16-5-2-1-3-6-16)21-10-9-20-11-15(21)13-23-17-7-4-8-19-12-17/h1-8,12,15,20H,9-11,13-14H2. The number of pyridine rings is 1. The van der Waals surface area contributed by atoms with Crippen molar-refractivity contribution in [2.24, 2.45) is 0 Å². The fourth-order valence-electron chi connectivity index (χ4n) is 2.61. The summed E-state index contributed by atoms with van der Waals surface area (Å²) < 4.78 is 11.3. The van der Waals surface area contributed by atoms with Crippen LogP contribution in [-0.2, 0) is 4.79 Å². The van der Waals surface area contributed by atoms with Gasteiger partial charge < -0.3 is 19.7 Å². The molecular formula is C18H21N3O3. The third-order valence-corrected chi connectivity index (χ3v) is 3.85. The minimum absolute atomic E-state index is 0.0224. The van der Waals surface area contributed by atoms with Crippen LogP contribution in [-0.4, -0.2) is 54.7 Å². The van der Waals surface area contributed by atoms with Gasteiger partial charge in [-0.3, -0.25) is 9.78 Å². The number of para-hydroxylation sites is 1. The van der Waals surface area contributed by atoms with Gasteiger partial charge in [-0.1, -0.05) is 18.2 Å². The number of ether oxygens (including phenoxy) is 2. The van der Waals surface area contributed by atoms with Crippen LogP contribution in [0, 0.1) is 0 Å². The number of carbonyl (C=O) groups is 1. The molecule has 24 heavy (non-hydrogen) atoms. The molecule has 1 aromatic heterocycles. The summed E-state index contributed by atoms with van der Waals surface area (Å²) >= 11 is 0. The average molecular weight is 327 g/mol. The summed E-state index contributed by atoms with van der Waals surface area (Å²) in [6, 6.07) is 13.0. The maximum Gasteiger partial charge on any atom is 0.260 e. The zero-order valence-electron chi connectivity index (χ0n) is 13.4. The molecular weight excluding hydrogens is 306 g/mol. The van der Waals surface area contributed by atoms with Crippen molar-refractivity contribution in [2.75, 3.05) is 32.8 Å².